The van der Waals surface area contributed by atoms with Crippen molar-refractivity contribution in [2.24, 2.45) is 0 Å². The van der Waals surface area contributed by atoms with Gasteiger partial charge in [-0.15, -0.1) is 0 Å². The monoisotopic (exact) mass is 249 g/mol. The minimum Gasteiger partial charge on any atom is -0.481 e. The predicted molar refractivity (Wildman–Crippen MR) is 55.7 cm³/mol. The molecule has 1 aromatic heterocycles. The summed E-state index contributed by atoms with van der Waals surface area (Å²) in [7, 11) is 2.77. The van der Waals surface area contributed by atoms with Crippen molar-refractivity contribution >= 4 is 5.95 Å². The highest BCUT2D eigenvalue weighted by Crippen LogP contribution is 2.18. The minimum absolute atomic E-state index is 0.0608. The van der Waals surface area contributed by atoms with Crippen molar-refractivity contribution in [2.45, 2.75) is 5.92 Å². The van der Waals surface area contributed by atoms with E-state index in [2.05, 4.69) is 15.3 Å². The Morgan fingerprint density at radius 2 is 1.82 bits per heavy atom. The van der Waals surface area contributed by atoms with Crippen LogP contribution in [0.2, 0.25) is 0 Å². The summed E-state index contributed by atoms with van der Waals surface area (Å²) in [4.78, 5) is 7.60. The molecular formula is C9H13F2N3O3. The van der Waals surface area contributed by atoms with Crippen LogP contribution in [0.5, 0.6) is 11.8 Å². The lowest BCUT2D eigenvalue weighted by Gasteiger charge is -2.14. The topological polar surface area (TPSA) is 76.5 Å². The molecule has 17 heavy (non-hydrogen) atoms. The van der Waals surface area contributed by atoms with Gasteiger partial charge in [0, 0.05) is 0 Å². The second-order valence-corrected chi connectivity index (χ2v) is 3.14. The third-order valence-electron chi connectivity index (χ3n) is 1.83. The standard InChI is InChI=1S/C9H13F2N3O3/c1-16-6-3-7(17-2)14-8(13-6)12-4-9(10,11)5-15/h3,15H,4-5H2,1-2H3,(H,12,13,14). The first kappa shape index (κ1) is 13.4. The number of hydrogen-bond donors (Lipinski definition) is 2. The molecule has 1 aromatic rings. The van der Waals surface area contributed by atoms with Crippen LogP contribution in [0.3, 0.4) is 0 Å². The van der Waals surface area contributed by atoms with E-state index in [1.807, 2.05) is 0 Å². The minimum atomic E-state index is -3.24. The fraction of sp³-hybridized carbons (Fsp3) is 0.556. The number of hydrogen-bond acceptors (Lipinski definition) is 6. The molecule has 0 saturated carbocycles. The van der Waals surface area contributed by atoms with Crippen LogP contribution in [-0.4, -0.2) is 48.4 Å². The molecule has 0 aliphatic heterocycles. The number of anilines is 1. The van der Waals surface area contributed by atoms with Crippen molar-refractivity contribution in [2.75, 3.05) is 32.7 Å². The fourth-order valence-corrected chi connectivity index (χ4v) is 0.956. The summed E-state index contributed by atoms with van der Waals surface area (Å²) in [5.41, 5.74) is 0. The normalized spacial score (nSPS) is 11.1. The zero-order valence-corrected chi connectivity index (χ0v) is 9.41. The lowest BCUT2D eigenvalue weighted by atomic mass is 10.3. The van der Waals surface area contributed by atoms with E-state index in [-0.39, 0.29) is 17.7 Å². The van der Waals surface area contributed by atoms with E-state index in [0.717, 1.165) is 0 Å². The van der Waals surface area contributed by atoms with Gasteiger partial charge in [0.05, 0.1) is 26.8 Å². The molecule has 0 aromatic carbocycles. The number of ether oxygens (including phenoxy) is 2. The predicted octanol–water partition coefficient (Wildman–Crippen LogP) is 0.533. The first-order chi connectivity index (χ1) is 8.00. The van der Waals surface area contributed by atoms with Crippen molar-refractivity contribution in [1.29, 1.82) is 0 Å². The van der Waals surface area contributed by atoms with E-state index in [0.29, 0.717) is 0 Å². The summed E-state index contributed by atoms with van der Waals surface area (Å²) < 4.78 is 35.2. The molecule has 0 bridgehead atoms. The van der Waals surface area contributed by atoms with Gasteiger partial charge in [-0.1, -0.05) is 0 Å². The molecule has 2 N–H and O–H groups in total. The van der Waals surface area contributed by atoms with Crippen molar-refractivity contribution in [3.8, 4) is 11.8 Å². The van der Waals surface area contributed by atoms with E-state index in [9.17, 15) is 8.78 Å². The SMILES string of the molecule is COc1cc(OC)nc(NCC(F)(F)CO)n1. The van der Waals surface area contributed by atoms with Crippen LogP contribution in [0.15, 0.2) is 6.07 Å². The summed E-state index contributed by atoms with van der Waals surface area (Å²) in [6.45, 7) is -2.03. The molecule has 0 saturated heterocycles. The van der Waals surface area contributed by atoms with E-state index in [1.165, 1.54) is 20.3 Å². The molecule has 1 heterocycles. The highest BCUT2D eigenvalue weighted by molar-refractivity contribution is 5.33. The lowest BCUT2D eigenvalue weighted by Crippen LogP contribution is -2.31. The molecule has 0 amide bonds. The highest BCUT2D eigenvalue weighted by Gasteiger charge is 2.27. The van der Waals surface area contributed by atoms with Crippen LogP contribution >= 0.6 is 0 Å². The fourth-order valence-electron chi connectivity index (χ4n) is 0.956. The molecule has 0 spiro atoms. The number of aromatic nitrogens is 2. The number of methoxy groups -OCH3 is 2. The third-order valence-corrected chi connectivity index (χ3v) is 1.83. The number of aliphatic hydroxyl groups is 1. The van der Waals surface area contributed by atoms with Gasteiger partial charge in [-0.3, -0.25) is 0 Å². The Balaban J connectivity index is 2.76. The Hall–Kier alpha value is -1.70. The molecule has 0 aliphatic carbocycles. The smallest absolute Gasteiger partial charge is 0.287 e. The van der Waals surface area contributed by atoms with Gasteiger partial charge in [-0.25, -0.2) is 8.78 Å². The van der Waals surface area contributed by atoms with Crippen molar-refractivity contribution in [1.82, 2.24) is 9.97 Å². The quantitative estimate of drug-likeness (QED) is 0.766. The average Bonchev–Trinajstić information content (AvgIpc) is 2.36. The number of nitrogens with zero attached hydrogens (tertiary/aromatic N) is 2. The highest BCUT2D eigenvalue weighted by atomic mass is 19.3. The van der Waals surface area contributed by atoms with Crippen molar-refractivity contribution < 1.29 is 23.4 Å². The van der Waals surface area contributed by atoms with E-state index in [4.69, 9.17) is 14.6 Å². The van der Waals surface area contributed by atoms with Gasteiger partial charge in [0.25, 0.3) is 5.92 Å². The van der Waals surface area contributed by atoms with Gasteiger partial charge in [0.1, 0.15) is 6.61 Å². The number of alkyl halides is 2. The molecule has 0 atom stereocenters. The largest absolute Gasteiger partial charge is 0.481 e. The average molecular weight is 249 g/mol. The summed E-state index contributed by atoms with van der Waals surface area (Å²) >= 11 is 0. The number of nitrogens with one attached hydrogen (secondary N) is 1. The first-order valence-corrected chi connectivity index (χ1v) is 4.70. The molecule has 8 heteroatoms. The van der Waals surface area contributed by atoms with Crippen LogP contribution in [0.1, 0.15) is 0 Å². The van der Waals surface area contributed by atoms with Gasteiger partial charge in [-0.2, -0.15) is 9.97 Å². The molecule has 0 unspecified atom stereocenters. The maximum absolute atomic E-state index is 12.8. The number of halogens is 2. The maximum Gasteiger partial charge on any atom is 0.287 e. The zero-order chi connectivity index (χ0) is 12.9. The number of rotatable bonds is 6. The zero-order valence-electron chi connectivity index (χ0n) is 9.41. The molecular weight excluding hydrogens is 236 g/mol. The summed E-state index contributed by atoms with van der Waals surface area (Å²) in [5, 5.41) is 10.7. The van der Waals surface area contributed by atoms with Crippen LogP contribution < -0.4 is 14.8 Å². The molecule has 1 rings (SSSR count). The van der Waals surface area contributed by atoms with E-state index >= 15 is 0 Å². The summed E-state index contributed by atoms with van der Waals surface area (Å²) in [5.74, 6) is -2.92. The van der Waals surface area contributed by atoms with Crippen LogP contribution in [0, 0.1) is 0 Å². The Morgan fingerprint density at radius 1 is 1.29 bits per heavy atom. The second-order valence-electron chi connectivity index (χ2n) is 3.14. The van der Waals surface area contributed by atoms with Gasteiger partial charge < -0.3 is 19.9 Å². The number of aliphatic hydroxyl groups excluding tert-OH is 1. The molecule has 6 nitrogen and oxygen atoms in total. The van der Waals surface area contributed by atoms with E-state index < -0.39 is 19.1 Å². The van der Waals surface area contributed by atoms with Crippen LogP contribution in [-0.2, 0) is 0 Å². The molecule has 0 radical (unpaired) electrons. The van der Waals surface area contributed by atoms with Crippen LogP contribution in [0.4, 0.5) is 14.7 Å². The van der Waals surface area contributed by atoms with Crippen molar-refractivity contribution in [3.05, 3.63) is 6.07 Å². The Morgan fingerprint density at radius 3 is 2.24 bits per heavy atom. The molecule has 0 fully saturated rings. The Kier molecular flexibility index (Phi) is 4.38. The molecule has 0 aliphatic rings. The van der Waals surface area contributed by atoms with Gasteiger partial charge in [0.15, 0.2) is 0 Å². The summed E-state index contributed by atoms with van der Waals surface area (Å²) in [6.07, 6.45) is 0. The van der Waals surface area contributed by atoms with Gasteiger partial charge >= 0.3 is 0 Å². The molecule has 96 valence electrons. The Labute approximate surface area is 96.6 Å². The van der Waals surface area contributed by atoms with Gasteiger partial charge in [0.2, 0.25) is 17.7 Å². The summed E-state index contributed by atoms with van der Waals surface area (Å²) in [6, 6.07) is 1.41. The van der Waals surface area contributed by atoms with Crippen LogP contribution in [0.25, 0.3) is 0 Å². The van der Waals surface area contributed by atoms with Crippen molar-refractivity contribution in [3.63, 3.8) is 0 Å². The van der Waals surface area contributed by atoms with E-state index in [1.54, 1.807) is 0 Å². The third kappa shape index (κ3) is 3.99. The van der Waals surface area contributed by atoms with Gasteiger partial charge in [-0.05, 0) is 0 Å². The maximum atomic E-state index is 12.8. The lowest BCUT2D eigenvalue weighted by molar-refractivity contribution is -0.0374. The second kappa shape index (κ2) is 5.58. The first-order valence-electron chi connectivity index (χ1n) is 4.70. The Bertz CT molecular complexity index is 354.